The molecule has 0 bridgehead atoms. The van der Waals surface area contributed by atoms with E-state index in [9.17, 15) is 14.7 Å². The fourth-order valence-electron chi connectivity index (χ4n) is 1.93. The minimum absolute atomic E-state index is 0.112. The number of amides is 2. The molecule has 2 rings (SSSR count). The molecule has 0 atom stereocenters. The minimum atomic E-state index is -0.554. The first kappa shape index (κ1) is 15.6. The number of phenols is 1. The molecule has 5 heteroatoms. The number of hydrogen-bond acceptors (Lipinski definition) is 3. The highest BCUT2D eigenvalue weighted by Crippen LogP contribution is 2.14. The molecule has 2 amide bonds. The number of nitrogens with one attached hydrogen (secondary N) is 2. The highest BCUT2D eigenvalue weighted by molar-refractivity contribution is 5.97. The van der Waals surface area contributed by atoms with Crippen LogP contribution in [0.3, 0.4) is 0 Å². The van der Waals surface area contributed by atoms with E-state index in [-0.39, 0.29) is 23.6 Å². The molecule has 114 valence electrons. The van der Waals surface area contributed by atoms with Gasteiger partial charge >= 0.3 is 0 Å². The van der Waals surface area contributed by atoms with Gasteiger partial charge in [-0.3, -0.25) is 20.4 Å². The van der Waals surface area contributed by atoms with Gasteiger partial charge in [-0.25, -0.2) is 0 Å². The number of carbonyl (C=O) groups is 2. The standard InChI is InChI=1S/C17H18N2O3/c1-12-6-8-13(9-7-12)10-11-16(21)18-19-17(22)14-4-2-3-5-15(14)20/h2-9,20H,10-11H2,1H3,(H,18,21)(H,19,22). The Kier molecular flexibility index (Phi) is 5.14. The van der Waals surface area contributed by atoms with E-state index < -0.39 is 5.91 Å². The lowest BCUT2D eigenvalue weighted by atomic mass is 10.1. The summed E-state index contributed by atoms with van der Waals surface area (Å²) in [5.41, 5.74) is 6.97. The van der Waals surface area contributed by atoms with Crippen LogP contribution >= 0.6 is 0 Å². The summed E-state index contributed by atoms with van der Waals surface area (Å²) in [4.78, 5) is 23.5. The van der Waals surface area contributed by atoms with E-state index in [1.54, 1.807) is 12.1 Å². The van der Waals surface area contributed by atoms with Gasteiger partial charge in [0.1, 0.15) is 5.75 Å². The molecule has 0 aromatic heterocycles. The second-order valence-corrected chi connectivity index (χ2v) is 5.01. The van der Waals surface area contributed by atoms with Gasteiger partial charge in [0.15, 0.2) is 0 Å². The fourth-order valence-corrected chi connectivity index (χ4v) is 1.93. The van der Waals surface area contributed by atoms with Crippen molar-refractivity contribution in [2.45, 2.75) is 19.8 Å². The Morgan fingerprint density at radius 1 is 1.00 bits per heavy atom. The van der Waals surface area contributed by atoms with E-state index in [2.05, 4.69) is 10.9 Å². The Morgan fingerprint density at radius 2 is 1.68 bits per heavy atom. The van der Waals surface area contributed by atoms with E-state index in [4.69, 9.17) is 0 Å². The summed E-state index contributed by atoms with van der Waals surface area (Å²) < 4.78 is 0. The zero-order chi connectivity index (χ0) is 15.9. The van der Waals surface area contributed by atoms with Crippen molar-refractivity contribution in [1.82, 2.24) is 10.9 Å². The van der Waals surface area contributed by atoms with Crippen molar-refractivity contribution in [3.05, 3.63) is 65.2 Å². The lowest BCUT2D eigenvalue weighted by molar-refractivity contribution is -0.121. The highest BCUT2D eigenvalue weighted by Gasteiger charge is 2.11. The van der Waals surface area contributed by atoms with Crippen molar-refractivity contribution in [3.8, 4) is 5.75 Å². The second kappa shape index (κ2) is 7.26. The van der Waals surface area contributed by atoms with E-state index in [1.165, 1.54) is 17.7 Å². The van der Waals surface area contributed by atoms with Gasteiger partial charge in [-0.05, 0) is 31.0 Å². The maximum absolute atomic E-state index is 11.8. The predicted molar refractivity (Wildman–Crippen MR) is 83.2 cm³/mol. The van der Waals surface area contributed by atoms with E-state index in [0.29, 0.717) is 6.42 Å². The molecule has 3 N–H and O–H groups in total. The molecule has 2 aromatic carbocycles. The third kappa shape index (κ3) is 4.34. The summed E-state index contributed by atoms with van der Waals surface area (Å²) in [6.45, 7) is 2.00. The molecule has 22 heavy (non-hydrogen) atoms. The molecule has 0 saturated heterocycles. The smallest absolute Gasteiger partial charge is 0.273 e. The van der Waals surface area contributed by atoms with Gasteiger partial charge < -0.3 is 5.11 Å². The van der Waals surface area contributed by atoms with Crippen molar-refractivity contribution in [2.75, 3.05) is 0 Å². The Bertz CT molecular complexity index is 666. The monoisotopic (exact) mass is 298 g/mol. The second-order valence-electron chi connectivity index (χ2n) is 5.01. The SMILES string of the molecule is Cc1ccc(CCC(=O)NNC(=O)c2ccccc2O)cc1. The number of aryl methyl sites for hydroxylation is 2. The van der Waals surface area contributed by atoms with Crippen LogP contribution in [0.2, 0.25) is 0 Å². The quantitative estimate of drug-likeness (QED) is 0.756. The van der Waals surface area contributed by atoms with Crippen molar-refractivity contribution < 1.29 is 14.7 Å². The van der Waals surface area contributed by atoms with Crippen molar-refractivity contribution in [1.29, 1.82) is 0 Å². The number of hydrazine groups is 1. The molecule has 0 aliphatic heterocycles. The summed E-state index contributed by atoms with van der Waals surface area (Å²) in [6.07, 6.45) is 0.864. The topological polar surface area (TPSA) is 78.4 Å². The lowest BCUT2D eigenvalue weighted by Gasteiger charge is -2.08. The number of phenolic OH excluding ortho intramolecular Hbond substituents is 1. The fraction of sp³-hybridized carbons (Fsp3) is 0.176. The summed E-state index contributed by atoms with van der Waals surface area (Å²) in [5.74, 6) is -0.972. The Labute approximate surface area is 129 Å². The number of rotatable bonds is 4. The molecule has 5 nitrogen and oxygen atoms in total. The molecule has 0 spiro atoms. The largest absolute Gasteiger partial charge is 0.507 e. The van der Waals surface area contributed by atoms with Gasteiger partial charge in [0.25, 0.3) is 5.91 Å². The molecular formula is C17H18N2O3. The van der Waals surface area contributed by atoms with E-state index in [1.807, 2.05) is 31.2 Å². The maximum Gasteiger partial charge on any atom is 0.273 e. The van der Waals surface area contributed by atoms with Crippen LogP contribution in [0.25, 0.3) is 0 Å². The number of para-hydroxylation sites is 1. The van der Waals surface area contributed by atoms with E-state index in [0.717, 1.165) is 5.56 Å². The molecule has 2 aromatic rings. The predicted octanol–water partition coefficient (Wildman–Crippen LogP) is 2.09. The minimum Gasteiger partial charge on any atom is -0.507 e. The first-order valence-corrected chi connectivity index (χ1v) is 6.99. The van der Waals surface area contributed by atoms with Crippen molar-refractivity contribution in [2.24, 2.45) is 0 Å². The number of carbonyl (C=O) groups excluding carboxylic acids is 2. The summed E-state index contributed by atoms with van der Waals surface area (Å²) in [5, 5.41) is 9.55. The molecule has 0 fully saturated rings. The average molecular weight is 298 g/mol. The Hall–Kier alpha value is -2.82. The molecule has 0 aliphatic carbocycles. The zero-order valence-corrected chi connectivity index (χ0v) is 12.3. The maximum atomic E-state index is 11.8. The van der Waals surface area contributed by atoms with Gasteiger partial charge in [0.2, 0.25) is 5.91 Å². The van der Waals surface area contributed by atoms with Crippen molar-refractivity contribution >= 4 is 11.8 Å². The number of aromatic hydroxyl groups is 1. The van der Waals surface area contributed by atoms with Crippen LogP contribution < -0.4 is 10.9 Å². The Morgan fingerprint density at radius 3 is 2.36 bits per heavy atom. The normalized spacial score (nSPS) is 10.0. The summed E-state index contributed by atoms with van der Waals surface area (Å²) in [6, 6.07) is 14.1. The van der Waals surface area contributed by atoms with Crippen LogP contribution in [-0.4, -0.2) is 16.9 Å². The average Bonchev–Trinajstić information content (AvgIpc) is 2.52. The van der Waals surface area contributed by atoms with Crippen LogP contribution in [0.4, 0.5) is 0 Å². The summed E-state index contributed by atoms with van der Waals surface area (Å²) in [7, 11) is 0. The molecule has 0 saturated carbocycles. The van der Waals surface area contributed by atoms with Crippen LogP contribution in [0.5, 0.6) is 5.75 Å². The van der Waals surface area contributed by atoms with Crippen LogP contribution in [0.15, 0.2) is 48.5 Å². The van der Waals surface area contributed by atoms with Gasteiger partial charge in [0, 0.05) is 6.42 Å². The molecule has 0 unspecified atom stereocenters. The van der Waals surface area contributed by atoms with Crippen LogP contribution in [-0.2, 0) is 11.2 Å². The third-order valence-electron chi connectivity index (χ3n) is 3.23. The molecule has 0 aliphatic rings. The van der Waals surface area contributed by atoms with Crippen LogP contribution in [0.1, 0.15) is 27.9 Å². The first-order valence-electron chi connectivity index (χ1n) is 6.99. The molecule has 0 heterocycles. The number of hydrogen-bond donors (Lipinski definition) is 3. The molecular weight excluding hydrogens is 280 g/mol. The van der Waals surface area contributed by atoms with Gasteiger partial charge in [-0.1, -0.05) is 42.0 Å². The third-order valence-corrected chi connectivity index (χ3v) is 3.23. The van der Waals surface area contributed by atoms with Gasteiger partial charge in [-0.15, -0.1) is 0 Å². The summed E-state index contributed by atoms with van der Waals surface area (Å²) >= 11 is 0. The van der Waals surface area contributed by atoms with Crippen molar-refractivity contribution in [3.63, 3.8) is 0 Å². The lowest BCUT2D eigenvalue weighted by Crippen LogP contribution is -2.41. The first-order chi connectivity index (χ1) is 10.6. The van der Waals surface area contributed by atoms with Crippen LogP contribution in [0, 0.1) is 6.92 Å². The van der Waals surface area contributed by atoms with Gasteiger partial charge in [0.05, 0.1) is 5.56 Å². The molecule has 0 radical (unpaired) electrons. The van der Waals surface area contributed by atoms with Gasteiger partial charge in [-0.2, -0.15) is 0 Å². The highest BCUT2D eigenvalue weighted by atomic mass is 16.3. The zero-order valence-electron chi connectivity index (χ0n) is 12.3. The number of benzene rings is 2. The Balaban J connectivity index is 1.79. The van der Waals surface area contributed by atoms with E-state index >= 15 is 0 Å².